The van der Waals surface area contributed by atoms with Crippen LogP contribution in [0.15, 0.2) is 36.5 Å². The minimum atomic E-state index is -0.233. The first-order chi connectivity index (χ1) is 12.1. The highest BCUT2D eigenvalue weighted by Crippen LogP contribution is 2.47. The molecular weight excluding hydrogens is 319 g/mol. The monoisotopic (exact) mass is 342 g/mol. The van der Waals surface area contributed by atoms with Crippen LogP contribution < -0.4 is 10.2 Å². The first kappa shape index (κ1) is 16.1. The maximum Gasteiger partial charge on any atom is 0.224 e. The minimum Gasteiger partial charge on any atom is -0.355 e. The fourth-order valence-electron chi connectivity index (χ4n) is 3.85. The summed E-state index contributed by atoms with van der Waals surface area (Å²) in [5.74, 6) is 1.25. The molecule has 3 atom stereocenters. The number of rotatable bonds is 4. The fourth-order valence-corrected chi connectivity index (χ4v) is 3.85. The molecule has 5 nitrogen and oxygen atoms in total. The zero-order valence-corrected chi connectivity index (χ0v) is 14.4. The molecule has 1 saturated carbocycles. The summed E-state index contributed by atoms with van der Waals surface area (Å²) in [6.45, 7) is 1.81. The smallest absolute Gasteiger partial charge is 0.224 e. The van der Waals surface area contributed by atoms with Gasteiger partial charge in [0.25, 0.3) is 0 Å². The van der Waals surface area contributed by atoms with E-state index < -0.39 is 0 Å². The van der Waals surface area contributed by atoms with Gasteiger partial charge < -0.3 is 10.2 Å². The summed E-state index contributed by atoms with van der Waals surface area (Å²) >= 11 is 0. The number of carbonyl (C=O) groups excluding carboxylic acids is 1. The van der Waals surface area contributed by atoms with E-state index in [1.54, 1.807) is 18.3 Å². The molecule has 1 saturated heterocycles. The molecule has 1 unspecified atom stereocenters. The maximum absolute atomic E-state index is 13.0. The Bertz CT molecular complexity index is 757. The number of halogens is 1. The predicted molar refractivity (Wildman–Crippen MR) is 93.8 cm³/mol. The Balaban J connectivity index is 1.34. The van der Waals surface area contributed by atoms with Gasteiger partial charge in [0.15, 0.2) is 0 Å². The van der Waals surface area contributed by atoms with Crippen LogP contribution in [0.3, 0.4) is 0 Å². The fraction of sp³-hybridized carbons (Fsp3) is 0.474. The molecule has 0 bridgehead atoms. The first-order valence-corrected chi connectivity index (χ1v) is 8.90. The number of benzene rings is 1. The van der Waals surface area contributed by atoms with Crippen LogP contribution in [0.5, 0.6) is 0 Å². The van der Waals surface area contributed by atoms with Crippen LogP contribution in [0.4, 0.5) is 10.2 Å². The highest BCUT2D eigenvalue weighted by Gasteiger charge is 2.44. The van der Waals surface area contributed by atoms with Crippen LogP contribution in [0, 0.1) is 11.7 Å². The van der Waals surface area contributed by atoms with E-state index in [1.165, 1.54) is 12.1 Å². The van der Waals surface area contributed by atoms with E-state index in [2.05, 4.69) is 15.3 Å². The van der Waals surface area contributed by atoms with Gasteiger partial charge in [-0.2, -0.15) is 5.10 Å². The lowest BCUT2D eigenvalue weighted by molar-refractivity contribution is -0.123. The van der Waals surface area contributed by atoms with Crippen molar-refractivity contribution in [3.05, 3.63) is 47.9 Å². The van der Waals surface area contributed by atoms with Crippen molar-refractivity contribution in [2.75, 3.05) is 18.0 Å². The van der Waals surface area contributed by atoms with Gasteiger partial charge >= 0.3 is 0 Å². The van der Waals surface area contributed by atoms with E-state index in [1.807, 2.05) is 17.8 Å². The summed E-state index contributed by atoms with van der Waals surface area (Å²) in [4.78, 5) is 14.8. The normalized spacial score (nSPS) is 25.7. The van der Waals surface area contributed by atoms with Crippen molar-refractivity contribution >= 4 is 11.7 Å². The summed E-state index contributed by atoms with van der Waals surface area (Å²) < 4.78 is 14.9. The van der Waals surface area contributed by atoms with Crippen LogP contribution >= 0.6 is 0 Å². The van der Waals surface area contributed by atoms with Crippen LogP contribution in [0.2, 0.25) is 0 Å². The average molecular weight is 342 g/mol. The highest BCUT2D eigenvalue weighted by atomic mass is 19.1. The van der Waals surface area contributed by atoms with E-state index in [0.29, 0.717) is 0 Å². The Kier molecular flexibility index (Phi) is 4.19. The average Bonchev–Trinajstić information content (AvgIpc) is 3.30. The number of anilines is 1. The number of amides is 1. The van der Waals surface area contributed by atoms with Crippen molar-refractivity contribution in [2.24, 2.45) is 13.0 Å². The first-order valence-electron chi connectivity index (χ1n) is 8.90. The molecule has 1 N–H and O–H groups in total. The molecule has 6 heteroatoms. The molecule has 2 fully saturated rings. The van der Waals surface area contributed by atoms with E-state index in [-0.39, 0.29) is 29.6 Å². The topological polar surface area (TPSA) is 50.2 Å². The van der Waals surface area contributed by atoms with Crippen molar-refractivity contribution < 1.29 is 9.18 Å². The molecule has 1 amide bonds. The number of aromatic nitrogens is 2. The second-order valence-corrected chi connectivity index (χ2v) is 7.11. The summed E-state index contributed by atoms with van der Waals surface area (Å²) in [7, 11) is 1.94. The third kappa shape index (κ3) is 3.38. The standard InChI is InChI=1S/C19H23FN4O/c1-23-18(8-9-21-23)24-10-2-3-15(12-24)22-19(25)17-11-16(17)13-4-6-14(20)7-5-13/h4-9,15-17H,2-3,10-12H2,1H3,(H,22,25)/t15?,16-,17+/m0/s1. The van der Waals surface area contributed by atoms with Gasteiger partial charge in [-0.25, -0.2) is 4.39 Å². The number of piperidine rings is 1. The van der Waals surface area contributed by atoms with E-state index >= 15 is 0 Å². The molecule has 0 radical (unpaired) electrons. The second kappa shape index (κ2) is 6.50. The second-order valence-electron chi connectivity index (χ2n) is 7.11. The van der Waals surface area contributed by atoms with Crippen LogP contribution in [0.25, 0.3) is 0 Å². The Morgan fingerprint density at radius 1 is 1.28 bits per heavy atom. The third-order valence-electron chi connectivity index (χ3n) is 5.31. The van der Waals surface area contributed by atoms with E-state index in [9.17, 15) is 9.18 Å². The van der Waals surface area contributed by atoms with Crippen molar-refractivity contribution in [3.8, 4) is 0 Å². The number of hydrogen-bond donors (Lipinski definition) is 1. The number of hydrogen-bond acceptors (Lipinski definition) is 3. The molecule has 0 spiro atoms. The summed E-state index contributed by atoms with van der Waals surface area (Å²) in [6.07, 6.45) is 4.72. The van der Waals surface area contributed by atoms with Gasteiger partial charge in [0.05, 0.1) is 6.20 Å². The number of carbonyl (C=O) groups is 1. The van der Waals surface area contributed by atoms with Crippen molar-refractivity contribution in [1.82, 2.24) is 15.1 Å². The lowest BCUT2D eigenvalue weighted by Gasteiger charge is -2.34. The highest BCUT2D eigenvalue weighted by molar-refractivity contribution is 5.83. The van der Waals surface area contributed by atoms with Crippen LogP contribution in [-0.4, -0.2) is 34.8 Å². The zero-order chi connectivity index (χ0) is 17.4. The molecule has 2 aromatic rings. The van der Waals surface area contributed by atoms with Gasteiger partial charge in [-0.15, -0.1) is 0 Å². The summed E-state index contributed by atoms with van der Waals surface area (Å²) in [6, 6.07) is 8.70. The molecular formula is C19H23FN4O. The van der Waals surface area contributed by atoms with Gasteiger partial charge in [0, 0.05) is 38.2 Å². The summed E-state index contributed by atoms with van der Waals surface area (Å²) in [5.41, 5.74) is 1.06. The van der Waals surface area contributed by atoms with Gasteiger partial charge in [0.1, 0.15) is 11.6 Å². The predicted octanol–water partition coefficient (Wildman–Crippen LogP) is 2.45. The SMILES string of the molecule is Cn1nccc1N1CCCC(NC(=O)[C@@H]2C[C@H]2c2ccc(F)cc2)C1. The largest absolute Gasteiger partial charge is 0.355 e. The molecule has 4 rings (SSSR count). The molecule has 1 aliphatic heterocycles. The Morgan fingerprint density at radius 2 is 2.08 bits per heavy atom. The number of aryl methyl sites for hydroxylation is 1. The Morgan fingerprint density at radius 3 is 2.80 bits per heavy atom. The lowest BCUT2D eigenvalue weighted by Crippen LogP contribution is -2.48. The molecule has 1 aromatic heterocycles. The van der Waals surface area contributed by atoms with E-state index in [4.69, 9.17) is 0 Å². The number of nitrogens with one attached hydrogen (secondary N) is 1. The van der Waals surface area contributed by atoms with Gasteiger partial charge in [-0.05, 0) is 42.9 Å². The van der Waals surface area contributed by atoms with Gasteiger partial charge in [-0.3, -0.25) is 9.48 Å². The zero-order valence-electron chi connectivity index (χ0n) is 14.4. The summed E-state index contributed by atoms with van der Waals surface area (Å²) in [5, 5.41) is 7.45. The lowest BCUT2D eigenvalue weighted by atomic mass is 10.0. The minimum absolute atomic E-state index is 0.0255. The Hall–Kier alpha value is -2.37. The molecule has 1 aliphatic carbocycles. The molecule has 2 aliphatic rings. The van der Waals surface area contributed by atoms with Gasteiger partial charge in [-0.1, -0.05) is 12.1 Å². The maximum atomic E-state index is 13.0. The quantitative estimate of drug-likeness (QED) is 0.928. The van der Waals surface area contributed by atoms with E-state index in [0.717, 1.165) is 43.7 Å². The van der Waals surface area contributed by atoms with Crippen molar-refractivity contribution in [1.29, 1.82) is 0 Å². The molecule has 2 heterocycles. The van der Waals surface area contributed by atoms with Crippen molar-refractivity contribution in [3.63, 3.8) is 0 Å². The van der Waals surface area contributed by atoms with Crippen LogP contribution in [-0.2, 0) is 11.8 Å². The Labute approximate surface area is 146 Å². The molecule has 1 aromatic carbocycles. The molecule has 132 valence electrons. The molecule has 25 heavy (non-hydrogen) atoms. The van der Waals surface area contributed by atoms with Gasteiger partial charge in [0.2, 0.25) is 5.91 Å². The van der Waals surface area contributed by atoms with Crippen molar-refractivity contribution in [2.45, 2.75) is 31.2 Å². The van der Waals surface area contributed by atoms with Crippen LogP contribution in [0.1, 0.15) is 30.7 Å². The number of nitrogens with zero attached hydrogens (tertiary/aromatic N) is 3. The third-order valence-corrected chi connectivity index (χ3v) is 5.31.